The third kappa shape index (κ3) is 3.51. The molecule has 0 fully saturated rings. The van der Waals surface area contributed by atoms with E-state index in [9.17, 15) is 13.6 Å². The van der Waals surface area contributed by atoms with Gasteiger partial charge in [0.15, 0.2) is 0 Å². The van der Waals surface area contributed by atoms with Gasteiger partial charge in [0.2, 0.25) is 0 Å². The number of methoxy groups -OCH3 is 2. The number of esters is 1. The molecule has 0 aliphatic heterocycles. The van der Waals surface area contributed by atoms with Crippen LogP contribution >= 0.6 is 0 Å². The van der Waals surface area contributed by atoms with E-state index in [1.165, 1.54) is 20.3 Å². The molecule has 1 aromatic carbocycles. The smallest absolute Gasteiger partial charge is 0.310 e. The molecule has 0 unspecified atom stereocenters. The molecule has 1 heterocycles. The summed E-state index contributed by atoms with van der Waals surface area (Å²) >= 11 is 0. The first-order valence-corrected chi connectivity index (χ1v) is 7.49. The number of H-pyrrole nitrogens is 1. The van der Waals surface area contributed by atoms with E-state index in [4.69, 9.17) is 9.47 Å². The first kappa shape index (κ1) is 18.2. The minimum Gasteiger partial charge on any atom is -0.496 e. The van der Waals surface area contributed by atoms with Crippen LogP contribution < -0.4 is 4.74 Å². The fourth-order valence-corrected chi connectivity index (χ4v) is 2.86. The van der Waals surface area contributed by atoms with E-state index < -0.39 is 11.9 Å². The molecule has 0 aliphatic carbocycles. The highest BCUT2D eigenvalue weighted by atomic mass is 19.3. The van der Waals surface area contributed by atoms with E-state index in [0.29, 0.717) is 28.7 Å². The van der Waals surface area contributed by atoms with Crippen molar-refractivity contribution in [2.24, 2.45) is 0 Å². The Hall–Kier alpha value is -2.15. The summed E-state index contributed by atoms with van der Waals surface area (Å²) in [6.07, 6.45) is -0.0874. The van der Waals surface area contributed by atoms with Crippen LogP contribution in [0.5, 0.6) is 5.75 Å². The van der Waals surface area contributed by atoms with Crippen molar-refractivity contribution in [1.82, 2.24) is 9.88 Å². The zero-order valence-electron chi connectivity index (χ0n) is 14.5. The normalized spacial score (nSPS) is 12.0. The van der Waals surface area contributed by atoms with Gasteiger partial charge < -0.3 is 19.4 Å². The van der Waals surface area contributed by atoms with Gasteiger partial charge in [0.05, 0.1) is 26.2 Å². The van der Waals surface area contributed by atoms with Crippen LogP contribution in [0, 0.1) is 0 Å². The molecule has 0 saturated heterocycles. The van der Waals surface area contributed by atoms with Crippen LogP contribution in [0.3, 0.4) is 0 Å². The van der Waals surface area contributed by atoms with E-state index in [2.05, 4.69) is 4.98 Å². The Morgan fingerprint density at radius 2 is 1.96 bits per heavy atom. The van der Waals surface area contributed by atoms with Gasteiger partial charge in [-0.2, -0.15) is 0 Å². The monoisotopic (exact) mass is 340 g/mol. The molecule has 2 aromatic rings. The number of halogens is 2. The lowest BCUT2D eigenvalue weighted by atomic mass is 9.97. The van der Waals surface area contributed by atoms with Gasteiger partial charge in [-0.25, -0.2) is 8.78 Å². The summed E-state index contributed by atoms with van der Waals surface area (Å²) in [5.41, 5.74) is 1.55. The molecule has 0 saturated carbocycles. The minimum absolute atomic E-state index is 0.0874. The summed E-state index contributed by atoms with van der Waals surface area (Å²) in [6, 6.07) is 3.19. The number of benzene rings is 1. The summed E-state index contributed by atoms with van der Waals surface area (Å²) < 4.78 is 38.4. The Labute approximate surface area is 139 Å². The molecular formula is C17H22F2N2O3. The van der Waals surface area contributed by atoms with E-state index in [1.54, 1.807) is 6.07 Å². The molecule has 1 aromatic heterocycles. The van der Waals surface area contributed by atoms with Crippen molar-refractivity contribution >= 4 is 16.9 Å². The number of ether oxygens (including phenoxy) is 2. The molecule has 2 rings (SSSR count). The fraction of sp³-hybridized carbons (Fsp3) is 0.471. The number of aromatic amines is 1. The fourth-order valence-electron chi connectivity index (χ4n) is 2.86. The highest BCUT2D eigenvalue weighted by Gasteiger charge is 2.33. The second-order valence-corrected chi connectivity index (χ2v) is 6.03. The number of aromatic nitrogens is 1. The highest BCUT2D eigenvalue weighted by molar-refractivity contribution is 5.93. The van der Waals surface area contributed by atoms with Crippen molar-refractivity contribution in [1.29, 1.82) is 0 Å². The number of carbonyl (C=O) groups is 1. The van der Waals surface area contributed by atoms with Gasteiger partial charge in [0, 0.05) is 30.1 Å². The predicted molar refractivity (Wildman–Crippen MR) is 87.5 cm³/mol. The summed E-state index contributed by atoms with van der Waals surface area (Å²) in [4.78, 5) is 16.9. The maximum atomic E-state index is 14.3. The van der Waals surface area contributed by atoms with Crippen LogP contribution in [0.4, 0.5) is 8.78 Å². The van der Waals surface area contributed by atoms with E-state index >= 15 is 0 Å². The lowest BCUT2D eigenvalue weighted by Gasteiger charge is -2.17. The molecule has 0 atom stereocenters. The van der Waals surface area contributed by atoms with Crippen molar-refractivity contribution in [3.63, 3.8) is 0 Å². The third-order valence-corrected chi connectivity index (χ3v) is 3.80. The van der Waals surface area contributed by atoms with Crippen LogP contribution in [0.2, 0.25) is 0 Å². The van der Waals surface area contributed by atoms with Gasteiger partial charge in [-0.05, 0) is 31.8 Å². The zero-order chi connectivity index (χ0) is 18.1. The number of hydrogen-bond acceptors (Lipinski definition) is 4. The number of nitrogens with zero attached hydrogens (tertiary/aromatic N) is 1. The molecule has 0 amide bonds. The van der Waals surface area contributed by atoms with Crippen molar-refractivity contribution in [3.05, 3.63) is 29.0 Å². The average Bonchev–Trinajstić information content (AvgIpc) is 2.81. The lowest BCUT2D eigenvalue weighted by Crippen LogP contribution is -2.15. The molecule has 0 bridgehead atoms. The van der Waals surface area contributed by atoms with Gasteiger partial charge in [-0.15, -0.1) is 0 Å². The molecular weight excluding hydrogens is 318 g/mol. The van der Waals surface area contributed by atoms with Crippen LogP contribution in [-0.2, 0) is 28.4 Å². The standard InChI is InChI=1S/C17H22F2N2O3/c1-17(18,19)16-13(23-4)7-6-11-15(16)10(8-14(22)24-5)12(20-11)9-21(2)3/h6-7,20H,8-9H2,1-5H3. The molecule has 132 valence electrons. The quantitative estimate of drug-likeness (QED) is 0.821. The van der Waals surface area contributed by atoms with Gasteiger partial charge in [-0.1, -0.05) is 0 Å². The van der Waals surface area contributed by atoms with E-state index in [0.717, 1.165) is 6.92 Å². The average molecular weight is 340 g/mol. The van der Waals surface area contributed by atoms with Crippen LogP contribution in [0.1, 0.15) is 23.7 Å². The Bertz CT molecular complexity index is 748. The van der Waals surface area contributed by atoms with Crippen molar-refractivity contribution in [2.45, 2.75) is 25.8 Å². The first-order chi connectivity index (χ1) is 11.2. The summed E-state index contributed by atoms with van der Waals surface area (Å²) in [7, 11) is 6.36. The Kier molecular flexibility index (Phi) is 5.13. The molecule has 1 N–H and O–H groups in total. The van der Waals surface area contributed by atoms with E-state index in [1.807, 2.05) is 19.0 Å². The maximum Gasteiger partial charge on any atom is 0.310 e. The summed E-state index contributed by atoms with van der Waals surface area (Å²) in [5.74, 6) is -3.51. The predicted octanol–water partition coefficient (Wildman–Crippen LogP) is 3.07. The molecule has 0 aliphatic rings. The van der Waals surface area contributed by atoms with Gasteiger partial charge in [0.1, 0.15) is 5.75 Å². The lowest BCUT2D eigenvalue weighted by molar-refractivity contribution is -0.139. The number of rotatable bonds is 6. The number of hydrogen-bond donors (Lipinski definition) is 1. The third-order valence-electron chi connectivity index (χ3n) is 3.80. The Morgan fingerprint density at radius 3 is 2.46 bits per heavy atom. The van der Waals surface area contributed by atoms with Gasteiger partial charge in [0.25, 0.3) is 5.92 Å². The Morgan fingerprint density at radius 1 is 1.29 bits per heavy atom. The van der Waals surface area contributed by atoms with Gasteiger partial charge >= 0.3 is 5.97 Å². The number of fused-ring (bicyclic) bond motifs is 1. The molecule has 24 heavy (non-hydrogen) atoms. The largest absolute Gasteiger partial charge is 0.496 e. The second-order valence-electron chi connectivity index (χ2n) is 6.03. The zero-order valence-corrected chi connectivity index (χ0v) is 14.5. The molecule has 5 nitrogen and oxygen atoms in total. The van der Waals surface area contributed by atoms with E-state index in [-0.39, 0.29) is 17.7 Å². The minimum atomic E-state index is -3.12. The van der Waals surface area contributed by atoms with Crippen LogP contribution in [-0.4, -0.2) is 44.2 Å². The SMILES string of the molecule is COC(=O)Cc1c(CN(C)C)[nH]c2ccc(OC)c(C(C)(F)F)c12. The number of nitrogens with one attached hydrogen (secondary N) is 1. The van der Waals surface area contributed by atoms with Crippen molar-refractivity contribution < 1.29 is 23.0 Å². The van der Waals surface area contributed by atoms with Gasteiger partial charge in [-0.3, -0.25) is 4.79 Å². The molecule has 7 heteroatoms. The first-order valence-electron chi connectivity index (χ1n) is 7.49. The highest BCUT2D eigenvalue weighted by Crippen LogP contribution is 2.42. The van der Waals surface area contributed by atoms with Crippen molar-refractivity contribution in [3.8, 4) is 5.75 Å². The van der Waals surface area contributed by atoms with Crippen molar-refractivity contribution in [2.75, 3.05) is 28.3 Å². The topological polar surface area (TPSA) is 54.6 Å². The Balaban J connectivity index is 2.81. The molecule has 0 radical (unpaired) electrons. The number of alkyl halides is 2. The molecule has 0 spiro atoms. The number of carbonyl (C=O) groups excluding carboxylic acids is 1. The summed E-state index contributed by atoms with van der Waals surface area (Å²) in [6.45, 7) is 1.31. The van der Waals surface area contributed by atoms with Crippen LogP contribution in [0.15, 0.2) is 12.1 Å². The maximum absolute atomic E-state index is 14.3. The second kappa shape index (κ2) is 6.76. The summed E-state index contributed by atoms with van der Waals surface area (Å²) in [5, 5.41) is 0.323. The van der Waals surface area contributed by atoms with Crippen LogP contribution in [0.25, 0.3) is 10.9 Å².